The van der Waals surface area contributed by atoms with Gasteiger partial charge in [-0.3, -0.25) is 4.57 Å². The van der Waals surface area contributed by atoms with Gasteiger partial charge >= 0.3 is 0 Å². The fraction of sp³-hybridized carbons (Fsp3) is 0.0714. The summed E-state index contributed by atoms with van der Waals surface area (Å²) in [5, 5.41) is 0. The van der Waals surface area contributed by atoms with Crippen LogP contribution >= 0.6 is 34.2 Å². The topological polar surface area (TPSA) is 17.8 Å². The molecule has 0 bridgehead atoms. The first-order chi connectivity index (χ1) is 9.61. The molecule has 0 N–H and O–H groups in total. The molecule has 0 spiro atoms. The van der Waals surface area contributed by atoms with Crippen molar-refractivity contribution >= 4 is 45.2 Å². The van der Waals surface area contributed by atoms with Crippen LogP contribution in [0.1, 0.15) is 5.82 Å². The molecular formula is C14H8ClF2IN2. The van der Waals surface area contributed by atoms with Crippen LogP contribution in [0.2, 0.25) is 0 Å². The molecule has 0 saturated carbocycles. The van der Waals surface area contributed by atoms with Crippen LogP contribution in [0, 0.1) is 15.2 Å². The zero-order valence-electron chi connectivity index (χ0n) is 10.1. The van der Waals surface area contributed by atoms with Gasteiger partial charge in [0.1, 0.15) is 11.3 Å². The van der Waals surface area contributed by atoms with E-state index >= 15 is 0 Å². The molecular weight excluding hydrogens is 397 g/mol. The van der Waals surface area contributed by atoms with Crippen molar-refractivity contribution in [2.24, 2.45) is 0 Å². The third-order valence-electron chi connectivity index (χ3n) is 2.98. The van der Waals surface area contributed by atoms with E-state index < -0.39 is 11.6 Å². The molecule has 102 valence electrons. The first kappa shape index (κ1) is 13.8. The van der Waals surface area contributed by atoms with Crippen LogP contribution in [-0.2, 0) is 5.88 Å². The number of rotatable bonds is 2. The van der Waals surface area contributed by atoms with E-state index in [0.29, 0.717) is 17.0 Å². The summed E-state index contributed by atoms with van der Waals surface area (Å²) >= 11 is 8.05. The Morgan fingerprint density at radius 1 is 1.10 bits per heavy atom. The molecule has 6 heteroatoms. The molecule has 0 saturated heterocycles. The molecule has 0 atom stereocenters. The minimum atomic E-state index is -0.912. The number of hydrogen-bond donors (Lipinski definition) is 0. The molecule has 1 aromatic heterocycles. The molecule has 0 amide bonds. The van der Waals surface area contributed by atoms with Crippen LogP contribution in [0.5, 0.6) is 0 Å². The van der Waals surface area contributed by atoms with Gasteiger partial charge in [0.05, 0.1) is 11.4 Å². The van der Waals surface area contributed by atoms with Crippen LogP contribution in [0.4, 0.5) is 8.78 Å². The zero-order valence-corrected chi connectivity index (χ0v) is 13.0. The van der Waals surface area contributed by atoms with Gasteiger partial charge in [-0.2, -0.15) is 0 Å². The van der Waals surface area contributed by atoms with Gasteiger partial charge in [0.15, 0.2) is 11.6 Å². The Morgan fingerprint density at radius 2 is 1.80 bits per heavy atom. The number of halogens is 4. The largest absolute Gasteiger partial charge is 0.293 e. The Hall–Kier alpha value is -1.21. The number of hydrogen-bond acceptors (Lipinski definition) is 1. The van der Waals surface area contributed by atoms with Crippen LogP contribution in [0.25, 0.3) is 16.7 Å². The van der Waals surface area contributed by atoms with Crippen molar-refractivity contribution < 1.29 is 8.78 Å². The fourth-order valence-electron chi connectivity index (χ4n) is 2.11. The highest BCUT2D eigenvalue weighted by Crippen LogP contribution is 2.26. The lowest BCUT2D eigenvalue weighted by atomic mass is 10.2. The average molecular weight is 405 g/mol. The van der Waals surface area contributed by atoms with E-state index in [0.717, 1.165) is 9.64 Å². The minimum Gasteiger partial charge on any atom is -0.293 e. The fourth-order valence-corrected chi connectivity index (χ4v) is 2.65. The standard InChI is InChI=1S/C14H8ClF2IN2/c15-7-12-19-11-6-5-10(16)13(17)14(11)20(12)9-3-1-8(18)2-4-9/h1-6H,7H2. The van der Waals surface area contributed by atoms with Gasteiger partial charge in [0.25, 0.3) is 0 Å². The first-order valence-electron chi connectivity index (χ1n) is 5.79. The van der Waals surface area contributed by atoms with Crippen molar-refractivity contribution in [3.05, 3.63) is 57.4 Å². The highest BCUT2D eigenvalue weighted by molar-refractivity contribution is 14.1. The Labute approximate surface area is 132 Å². The number of aromatic nitrogens is 2. The highest BCUT2D eigenvalue weighted by Gasteiger charge is 2.18. The number of imidazole rings is 1. The maximum Gasteiger partial charge on any atom is 0.185 e. The van der Waals surface area contributed by atoms with Gasteiger partial charge in [0.2, 0.25) is 0 Å². The van der Waals surface area contributed by atoms with Crippen LogP contribution in [0.15, 0.2) is 36.4 Å². The van der Waals surface area contributed by atoms with Crippen molar-refractivity contribution in [1.82, 2.24) is 9.55 Å². The van der Waals surface area contributed by atoms with Gasteiger partial charge in [-0.15, -0.1) is 11.6 Å². The van der Waals surface area contributed by atoms with E-state index in [1.54, 1.807) is 4.57 Å². The maximum absolute atomic E-state index is 14.1. The normalized spacial score (nSPS) is 11.2. The van der Waals surface area contributed by atoms with E-state index in [1.807, 2.05) is 24.3 Å². The number of fused-ring (bicyclic) bond motifs is 1. The van der Waals surface area contributed by atoms with E-state index in [2.05, 4.69) is 27.6 Å². The Kier molecular flexibility index (Phi) is 3.64. The third-order valence-corrected chi connectivity index (χ3v) is 3.94. The molecule has 0 radical (unpaired) electrons. The van der Waals surface area contributed by atoms with Gasteiger partial charge in [-0.1, -0.05) is 0 Å². The summed E-state index contributed by atoms with van der Waals surface area (Å²) in [6.07, 6.45) is 0. The SMILES string of the molecule is Fc1ccc2nc(CCl)n(-c3ccc(I)cc3)c2c1F. The number of alkyl halides is 1. The molecule has 0 aliphatic rings. The quantitative estimate of drug-likeness (QED) is 0.449. The van der Waals surface area contributed by atoms with Crippen LogP contribution < -0.4 is 0 Å². The van der Waals surface area contributed by atoms with Gasteiger partial charge in [-0.25, -0.2) is 13.8 Å². The summed E-state index contributed by atoms with van der Waals surface area (Å²) in [5.41, 5.74) is 1.20. The van der Waals surface area contributed by atoms with Gasteiger partial charge < -0.3 is 0 Å². The van der Waals surface area contributed by atoms with Gasteiger partial charge in [0, 0.05) is 9.26 Å². The average Bonchev–Trinajstić information content (AvgIpc) is 2.83. The lowest BCUT2D eigenvalue weighted by Crippen LogP contribution is -2.01. The summed E-state index contributed by atoms with van der Waals surface area (Å²) in [5.74, 6) is -1.22. The second-order valence-corrected chi connectivity index (χ2v) is 5.72. The highest BCUT2D eigenvalue weighted by atomic mass is 127. The maximum atomic E-state index is 14.1. The second kappa shape index (κ2) is 5.29. The lowest BCUT2D eigenvalue weighted by molar-refractivity contribution is 0.514. The molecule has 3 rings (SSSR count). The summed E-state index contributed by atoms with van der Waals surface area (Å²) in [4.78, 5) is 4.25. The Balaban J connectivity index is 2.37. The molecule has 0 unspecified atom stereocenters. The molecule has 0 fully saturated rings. The van der Waals surface area contributed by atoms with Crippen LogP contribution in [-0.4, -0.2) is 9.55 Å². The lowest BCUT2D eigenvalue weighted by Gasteiger charge is -2.08. The molecule has 0 aliphatic heterocycles. The third kappa shape index (κ3) is 2.18. The van der Waals surface area contributed by atoms with E-state index in [9.17, 15) is 8.78 Å². The van der Waals surface area contributed by atoms with E-state index in [-0.39, 0.29) is 11.4 Å². The van der Waals surface area contributed by atoms with Crippen molar-refractivity contribution in [1.29, 1.82) is 0 Å². The summed E-state index contributed by atoms with van der Waals surface area (Å²) in [6, 6.07) is 9.94. The Morgan fingerprint density at radius 3 is 2.45 bits per heavy atom. The van der Waals surface area contributed by atoms with Crippen molar-refractivity contribution in [2.45, 2.75) is 5.88 Å². The van der Waals surface area contributed by atoms with Crippen molar-refractivity contribution in [3.8, 4) is 5.69 Å². The number of benzene rings is 2. The molecule has 1 heterocycles. The monoisotopic (exact) mass is 404 g/mol. The smallest absolute Gasteiger partial charge is 0.185 e. The summed E-state index contributed by atoms with van der Waals surface area (Å²) in [7, 11) is 0. The molecule has 2 nitrogen and oxygen atoms in total. The van der Waals surface area contributed by atoms with Crippen LogP contribution in [0.3, 0.4) is 0 Å². The first-order valence-corrected chi connectivity index (χ1v) is 7.40. The predicted molar refractivity (Wildman–Crippen MR) is 83.3 cm³/mol. The number of nitrogens with zero attached hydrogens (tertiary/aromatic N) is 2. The summed E-state index contributed by atoms with van der Waals surface area (Å²) < 4.78 is 30.2. The zero-order chi connectivity index (χ0) is 14.3. The van der Waals surface area contributed by atoms with E-state index in [1.165, 1.54) is 6.07 Å². The van der Waals surface area contributed by atoms with Crippen molar-refractivity contribution in [3.63, 3.8) is 0 Å². The molecule has 0 aliphatic carbocycles. The summed E-state index contributed by atoms with van der Waals surface area (Å²) in [6.45, 7) is 0. The van der Waals surface area contributed by atoms with E-state index in [4.69, 9.17) is 11.6 Å². The Bertz CT molecular complexity index is 784. The van der Waals surface area contributed by atoms with Crippen molar-refractivity contribution in [2.75, 3.05) is 0 Å². The van der Waals surface area contributed by atoms with Gasteiger partial charge in [-0.05, 0) is 59.0 Å². The molecule has 3 aromatic rings. The molecule has 2 aromatic carbocycles. The predicted octanol–water partition coefficient (Wildman–Crippen LogP) is 4.65. The minimum absolute atomic E-state index is 0.113. The molecule has 20 heavy (non-hydrogen) atoms. The second-order valence-electron chi connectivity index (χ2n) is 4.20.